The number of aryl methyl sites for hydroxylation is 2. The average Bonchev–Trinajstić information content (AvgIpc) is 3.12. The number of carbonyl (C=O) groups is 3. The van der Waals surface area contributed by atoms with Crippen molar-refractivity contribution < 1.29 is 19.1 Å². The van der Waals surface area contributed by atoms with Gasteiger partial charge >= 0.3 is 5.97 Å². The zero-order chi connectivity index (χ0) is 25.7. The van der Waals surface area contributed by atoms with Gasteiger partial charge in [-0.25, -0.2) is 9.69 Å². The van der Waals surface area contributed by atoms with Crippen LogP contribution in [0.1, 0.15) is 41.8 Å². The molecule has 4 rings (SSSR count). The molecule has 0 aliphatic carbocycles. The van der Waals surface area contributed by atoms with Crippen LogP contribution in [0.25, 0.3) is 0 Å². The minimum absolute atomic E-state index is 0.234. The highest BCUT2D eigenvalue weighted by Gasteiger charge is 2.40. The fourth-order valence-electron chi connectivity index (χ4n) is 3.78. The maximum absolute atomic E-state index is 13.6. The highest BCUT2D eigenvalue weighted by molar-refractivity contribution is 8.04. The topological polar surface area (TPSA) is 75.7 Å². The van der Waals surface area contributed by atoms with Crippen LogP contribution in [0.4, 0.5) is 11.4 Å². The second kappa shape index (κ2) is 11.3. The van der Waals surface area contributed by atoms with E-state index in [1.807, 2.05) is 69.3 Å². The third kappa shape index (κ3) is 5.36. The zero-order valence-electron chi connectivity index (χ0n) is 20.5. The van der Waals surface area contributed by atoms with Gasteiger partial charge in [-0.2, -0.15) is 0 Å². The molecule has 0 atom stereocenters. The molecule has 1 N–H and O–H groups in total. The molecule has 0 saturated carbocycles. The number of hydrogen-bond acceptors (Lipinski definition) is 6. The Hall–Kier alpha value is -3.84. The van der Waals surface area contributed by atoms with Gasteiger partial charge in [-0.15, -0.1) is 0 Å². The van der Waals surface area contributed by atoms with Gasteiger partial charge in [-0.05, 0) is 67.8 Å². The summed E-state index contributed by atoms with van der Waals surface area (Å²) in [7, 11) is 0. The van der Waals surface area contributed by atoms with Crippen LogP contribution in [0, 0.1) is 6.92 Å². The molecule has 3 aromatic rings. The Labute approximate surface area is 215 Å². The summed E-state index contributed by atoms with van der Waals surface area (Å²) < 4.78 is 5.17. The van der Waals surface area contributed by atoms with Crippen molar-refractivity contribution >= 4 is 40.9 Å². The smallest absolute Gasteiger partial charge is 0.338 e. The van der Waals surface area contributed by atoms with E-state index in [4.69, 9.17) is 4.74 Å². The largest absolute Gasteiger partial charge is 0.462 e. The van der Waals surface area contributed by atoms with Crippen LogP contribution < -0.4 is 10.2 Å². The summed E-state index contributed by atoms with van der Waals surface area (Å²) in [6.45, 7) is 6.29. The molecular weight excluding hydrogens is 472 g/mol. The number of benzene rings is 3. The van der Waals surface area contributed by atoms with Crippen LogP contribution in [0.3, 0.4) is 0 Å². The summed E-state index contributed by atoms with van der Waals surface area (Å²) in [5.74, 6) is -1.29. The minimum atomic E-state index is -0.443. The predicted octanol–water partition coefficient (Wildman–Crippen LogP) is 6.11. The number of nitrogens with zero attached hydrogens (tertiary/aromatic N) is 1. The van der Waals surface area contributed by atoms with Gasteiger partial charge < -0.3 is 10.1 Å². The first-order valence-electron chi connectivity index (χ1n) is 11.9. The molecule has 0 saturated heterocycles. The van der Waals surface area contributed by atoms with Crippen molar-refractivity contribution in [3.8, 4) is 0 Å². The molecule has 0 bridgehead atoms. The number of thioether (sulfide) groups is 1. The molecule has 3 aromatic carbocycles. The number of ether oxygens (including phenoxy) is 1. The first-order chi connectivity index (χ1) is 17.4. The quantitative estimate of drug-likeness (QED) is 0.282. The molecule has 1 heterocycles. The number of amides is 2. The second-order valence-electron chi connectivity index (χ2n) is 8.38. The van der Waals surface area contributed by atoms with E-state index in [9.17, 15) is 14.4 Å². The van der Waals surface area contributed by atoms with Crippen LogP contribution in [-0.2, 0) is 20.7 Å². The lowest BCUT2D eigenvalue weighted by atomic mass is 10.1. The molecule has 7 heteroatoms. The van der Waals surface area contributed by atoms with Crippen LogP contribution in [0.5, 0.6) is 0 Å². The Morgan fingerprint density at radius 1 is 0.917 bits per heavy atom. The molecule has 0 fully saturated rings. The monoisotopic (exact) mass is 500 g/mol. The third-order valence-electron chi connectivity index (χ3n) is 5.74. The van der Waals surface area contributed by atoms with Gasteiger partial charge in [0.2, 0.25) is 0 Å². The number of nitrogens with one attached hydrogen (secondary N) is 1. The van der Waals surface area contributed by atoms with Crippen molar-refractivity contribution in [3.63, 3.8) is 0 Å². The Morgan fingerprint density at radius 2 is 1.61 bits per heavy atom. The van der Waals surface area contributed by atoms with Gasteiger partial charge in [0.15, 0.2) is 0 Å². The molecule has 6 nitrogen and oxygen atoms in total. The van der Waals surface area contributed by atoms with Crippen LogP contribution >= 0.6 is 11.8 Å². The van der Waals surface area contributed by atoms with E-state index in [2.05, 4.69) is 5.32 Å². The van der Waals surface area contributed by atoms with Gasteiger partial charge in [0.1, 0.15) is 10.6 Å². The van der Waals surface area contributed by atoms with E-state index in [1.165, 1.54) is 11.8 Å². The average molecular weight is 501 g/mol. The summed E-state index contributed by atoms with van der Waals surface area (Å²) in [5, 5.41) is 3.25. The van der Waals surface area contributed by atoms with Crippen LogP contribution in [0.2, 0.25) is 0 Å². The predicted molar refractivity (Wildman–Crippen MR) is 143 cm³/mol. The van der Waals surface area contributed by atoms with Crippen LogP contribution in [0.15, 0.2) is 88.3 Å². The molecule has 2 amide bonds. The normalized spacial score (nSPS) is 13.4. The lowest BCUT2D eigenvalue weighted by molar-refractivity contribution is -0.120. The Kier molecular flexibility index (Phi) is 7.90. The Balaban J connectivity index is 1.68. The first kappa shape index (κ1) is 25.3. The molecule has 36 heavy (non-hydrogen) atoms. The lowest BCUT2D eigenvalue weighted by Crippen LogP contribution is -2.32. The fourth-order valence-corrected chi connectivity index (χ4v) is 4.71. The van der Waals surface area contributed by atoms with Crippen molar-refractivity contribution in [2.75, 3.05) is 16.8 Å². The van der Waals surface area contributed by atoms with Crippen LogP contribution in [-0.4, -0.2) is 24.4 Å². The standard InChI is InChI=1S/C29H28N2O4S/c1-4-18-35-29(34)21-12-14-22(15-13-21)31-27(32)25(30-24-9-7-6-8-20(24)5-2)26(28(31)33)36-23-16-10-19(3)11-17-23/h6-17,30H,4-5,18H2,1-3H3. The number of imide groups is 1. The number of esters is 1. The first-order valence-corrected chi connectivity index (χ1v) is 12.7. The van der Waals surface area contributed by atoms with E-state index in [0.29, 0.717) is 22.8 Å². The van der Waals surface area contributed by atoms with Gasteiger partial charge in [0.05, 0.1) is 17.9 Å². The SMILES string of the molecule is CCCOC(=O)c1ccc(N2C(=O)C(Nc3ccccc3CC)=C(Sc3ccc(C)cc3)C2=O)cc1. The molecule has 0 spiro atoms. The highest BCUT2D eigenvalue weighted by atomic mass is 32.2. The maximum Gasteiger partial charge on any atom is 0.338 e. The van der Waals surface area contributed by atoms with Gasteiger partial charge in [0.25, 0.3) is 11.8 Å². The number of rotatable bonds is 9. The molecule has 184 valence electrons. The zero-order valence-corrected chi connectivity index (χ0v) is 21.4. The highest BCUT2D eigenvalue weighted by Crippen LogP contribution is 2.38. The van der Waals surface area contributed by atoms with Gasteiger partial charge in [-0.3, -0.25) is 9.59 Å². The summed E-state index contributed by atoms with van der Waals surface area (Å²) >= 11 is 1.26. The van der Waals surface area contributed by atoms with E-state index in [0.717, 1.165) is 39.5 Å². The van der Waals surface area contributed by atoms with Crippen molar-refractivity contribution in [2.45, 2.75) is 38.5 Å². The molecule has 1 aliphatic rings. The lowest BCUT2D eigenvalue weighted by Gasteiger charge is -2.16. The summed E-state index contributed by atoms with van der Waals surface area (Å²) in [6.07, 6.45) is 1.50. The Morgan fingerprint density at radius 3 is 2.28 bits per heavy atom. The second-order valence-corrected chi connectivity index (χ2v) is 9.47. The maximum atomic E-state index is 13.6. The number of anilines is 2. The van der Waals surface area contributed by atoms with Crippen molar-refractivity contribution in [1.82, 2.24) is 0 Å². The molecular formula is C29H28N2O4S. The molecule has 0 unspecified atom stereocenters. The van der Waals surface area contributed by atoms with Crippen molar-refractivity contribution in [3.05, 3.63) is 100 Å². The summed E-state index contributed by atoms with van der Waals surface area (Å²) in [4.78, 5) is 41.7. The van der Waals surface area contributed by atoms with Gasteiger partial charge in [0, 0.05) is 10.6 Å². The summed E-state index contributed by atoms with van der Waals surface area (Å²) in [6, 6.07) is 21.9. The van der Waals surface area contributed by atoms with Gasteiger partial charge in [-0.1, -0.05) is 61.5 Å². The number of para-hydroxylation sites is 1. The van der Waals surface area contributed by atoms with E-state index < -0.39 is 17.8 Å². The fraction of sp³-hybridized carbons (Fsp3) is 0.207. The van der Waals surface area contributed by atoms with E-state index in [1.54, 1.807) is 24.3 Å². The third-order valence-corrected chi connectivity index (χ3v) is 6.83. The molecule has 0 radical (unpaired) electrons. The van der Waals surface area contributed by atoms with Crippen molar-refractivity contribution in [2.24, 2.45) is 0 Å². The number of carbonyl (C=O) groups excluding carboxylic acids is 3. The minimum Gasteiger partial charge on any atom is -0.462 e. The molecule has 1 aliphatic heterocycles. The number of hydrogen-bond donors (Lipinski definition) is 1. The summed E-state index contributed by atoms with van der Waals surface area (Å²) in [5.41, 5.74) is 3.92. The van der Waals surface area contributed by atoms with E-state index in [-0.39, 0.29) is 5.70 Å². The Bertz CT molecular complexity index is 1310. The van der Waals surface area contributed by atoms with Crippen molar-refractivity contribution in [1.29, 1.82) is 0 Å². The molecule has 0 aromatic heterocycles. The van der Waals surface area contributed by atoms with E-state index >= 15 is 0 Å².